The minimum Gasteiger partial charge on any atom is -0.355 e. The molecule has 1 aromatic heterocycles. The Hall–Kier alpha value is -2.23. The number of nitrogens with zero attached hydrogens (tertiary/aromatic N) is 2. The number of rotatable bonds is 4. The fourth-order valence-electron chi connectivity index (χ4n) is 2.67. The molecule has 1 unspecified atom stereocenters. The van der Waals surface area contributed by atoms with Crippen LogP contribution in [0, 0.1) is 0 Å². The molecule has 0 bridgehead atoms. The third kappa shape index (κ3) is 3.10. The molecule has 3 rings (SSSR count). The van der Waals surface area contributed by atoms with Crippen molar-refractivity contribution in [3.8, 4) is 11.4 Å². The van der Waals surface area contributed by atoms with Crippen LogP contribution >= 0.6 is 0 Å². The molecule has 0 radical (unpaired) electrons. The second-order valence-electron chi connectivity index (χ2n) is 5.49. The molecule has 0 saturated carbocycles. The van der Waals surface area contributed by atoms with Crippen molar-refractivity contribution in [2.24, 2.45) is 0 Å². The monoisotopic (exact) mass is 281 g/mol. The molecule has 0 aliphatic carbocycles. The molecule has 1 fully saturated rings. The zero-order valence-electron chi connectivity index (χ0n) is 12.2. The fraction of sp³-hybridized carbons (Fsp3) is 0.353. The van der Waals surface area contributed by atoms with Crippen molar-refractivity contribution in [1.29, 1.82) is 0 Å². The lowest BCUT2D eigenvalue weighted by molar-refractivity contribution is -0.119. The maximum Gasteiger partial charge on any atom is 0.220 e. The van der Waals surface area contributed by atoms with Gasteiger partial charge < -0.3 is 5.32 Å². The van der Waals surface area contributed by atoms with Gasteiger partial charge in [0.25, 0.3) is 0 Å². The molecule has 21 heavy (non-hydrogen) atoms. The lowest BCUT2D eigenvalue weighted by Crippen LogP contribution is -2.13. The molecule has 1 N–H and O–H groups in total. The molecule has 2 heterocycles. The van der Waals surface area contributed by atoms with Crippen molar-refractivity contribution in [2.75, 3.05) is 6.54 Å². The Balaban J connectivity index is 1.75. The maximum absolute atomic E-state index is 11.3. The van der Waals surface area contributed by atoms with E-state index in [9.17, 15) is 4.79 Å². The van der Waals surface area contributed by atoms with Gasteiger partial charge in [-0.25, -0.2) is 9.97 Å². The highest BCUT2D eigenvalue weighted by Crippen LogP contribution is 2.25. The summed E-state index contributed by atoms with van der Waals surface area (Å²) in [6.45, 7) is 2.88. The van der Waals surface area contributed by atoms with Crippen LogP contribution in [-0.2, 0) is 11.2 Å². The van der Waals surface area contributed by atoms with E-state index < -0.39 is 0 Å². The van der Waals surface area contributed by atoms with Gasteiger partial charge in [0, 0.05) is 36.8 Å². The third-order valence-electron chi connectivity index (χ3n) is 3.86. The van der Waals surface area contributed by atoms with Crippen LogP contribution in [-0.4, -0.2) is 22.4 Å². The van der Waals surface area contributed by atoms with E-state index >= 15 is 0 Å². The summed E-state index contributed by atoms with van der Waals surface area (Å²) in [4.78, 5) is 20.1. The zero-order chi connectivity index (χ0) is 14.7. The van der Waals surface area contributed by atoms with Crippen LogP contribution in [0.25, 0.3) is 11.4 Å². The summed E-state index contributed by atoms with van der Waals surface area (Å²) < 4.78 is 0. The number of carbonyl (C=O) groups is 1. The van der Waals surface area contributed by atoms with Crippen LogP contribution in [0.4, 0.5) is 0 Å². The average Bonchev–Trinajstić information content (AvgIpc) is 2.95. The molecule has 4 nitrogen and oxygen atoms in total. The highest BCUT2D eigenvalue weighted by atomic mass is 16.1. The zero-order valence-corrected chi connectivity index (χ0v) is 12.2. The summed E-state index contributed by atoms with van der Waals surface area (Å²) >= 11 is 0. The van der Waals surface area contributed by atoms with Gasteiger partial charge >= 0.3 is 0 Å². The van der Waals surface area contributed by atoms with Gasteiger partial charge in [-0.2, -0.15) is 0 Å². The first-order valence-corrected chi connectivity index (χ1v) is 7.44. The Morgan fingerprint density at radius 2 is 1.90 bits per heavy atom. The van der Waals surface area contributed by atoms with E-state index in [0.717, 1.165) is 30.8 Å². The first kappa shape index (κ1) is 13.7. The van der Waals surface area contributed by atoms with Gasteiger partial charge in [0.15, 0.2) is 5.82 Å². The second kappa shape index (κ2) is 6.04. The normalized spacial score (nSPS) is 17.8. The molecule has 2 aromatic rings. The van der Waals surface area contributed by atoms with Crippen LogP contribution < -0.4 is 5.32 Å². The lowest BCUT2D eigenvalue weighted by atomic mass is 9.97. The SMILES string of the molecule is CCCc1cnc(-c2ccc(C3CNC(=O)C3)cc2)nc1. The molecule has 4 heteroatoms. The van der Waals surface area contributed by atoms with Crippen LogP contribution in [0.2, 0.25) is 0 Å². The Kier molecular flexibility index (Phi) is 3.95. The number of carbonyl (C=O) groups excluding carboxylic acids is 1. The molecule has 1 aliphatic rings. The van der Waals surface area contributed by atoms with E-state index in [1.807, 2.05) is 24.5 Å². The summed E-state index contributed by atoms with van der Waals surface area (Å²) in [7, 11) is 0. The minimum absolute atomic E-state index is 0.138. The summed E-state index contributed by atoms with van der Waals surface area (Å²) in [6.07, 6.45) is 6.51. The van der Waals surface area contributed by atoms with E-state index in [-0.39, 0.29) is 5.91 Å². The van der Waals surface area contributed by atoms with Gasteiger partial charge in [-0.1, -0.05) is 37.6 Å². The van der Waals surface area contributed by atoms with E-state index in [2.05, 4.69) is 34.3 Å². The van der Waals surface area contributed by atoms with E-state index in [1.165, 1.54) is 11.1 Å². The minimum atomic E-state index is 0.138. The molecule has 0 spiro atoms. The Bertz CT molecular complexity index is 619. The Morgan fingerprint density at radius 3 is 2.48 bits per heavy atom. The predicted molar refractivity (Wildman–Crippen MR) is 81.8 cm³/mol. The van der Waals surface area contributed by atoms with Crippen LogP contribution in [0.3, 0.4) is 0 Å². The van der Waals surface area contributed by atoms with Crippen molar-refractivity contribution in [3.63, 3.8) is 0 Å². The summed E-state index contributed by atoms with van der Waals surface area (Å²) in [5, 5.41) is 2.87. The number of hydrogen-bond acceptors (Lipinski definition) is 3. The largest absolute Gasteiger partial charge is 0.355 e. The van der Waals surface area contributed by atoms with Crippen LogP contribution in [0.15, 0.2) is 36.7 Å². The third-order valence-corrected chi connectivity index (χ3v) is 3.86. The number of amides is 1. The molecule has 1 atom stereocenters. The smallest absolute Gasteiger partial charge is 0.220 e. The first-order valence-electron chi connectivity index (χ1n) is 7.44. The van der Waals surface area contributed by atoms with Gasteiger partial charge in [-0.15, -0.1) is 0 Å². The molecule has 1 aromatic carbocycles. The highest BCUT2D eigenvalue weighted by molar-refractivity contribution is 5.79. The molecule has 1 aliphatic heterocycles. The van der Waals surface area contributed by atoms with E-state index in [1.54, 1.807) is 0 Å². The maximum atomic E-state index is 11.3. The van der Waals surface area contributed by atoms with Gasteiger partial charge in [0.2, 0.25) is 5.91 Å². The van der Waals surface area contributed by atoms with Crippen LogP contribution in [0.5, 0.6) is 0 Å². The predicted octanol–water partition coefficient (Wildman–Crippen LogP) is 2.70. The van der Waals surface area contributed by atoms with Gasteiger partial charge in [0.1, 0.15) is 0 Å². The quantitative estimate of drug-likeness (QED) is 0.937. The van der Waals surface area contributed by atoms with Gasteiger partial charge in [-0.05, 0) is 17.5 Å². The van der Waals surface area contributed by atoms with Crippen molar-refractivity contribution >= 4 is 5.91 Å². The summed E-state index contributed by atoms with van der Waals surface area (Å²) in [6, 6.07) is 8.22. The average molecular weight is 281 g/mol. The second-order valence-corrected chi connectivity index (χ2v) is 5.49. The first-order chi connectivity index (χ1) is 10.3. The topological polar surface area (TPSA) is 54.9 Å². The van der Waals surface area contributed by atoms with Gasteiger partial charge in [0.05, 0.1) is 0 Å². The Labute approximate surface area is 124 Å². The lowest BCUT2D eigenvalue weighted by Gasteiger charge is -2.08. The van der Waals surface area contributed by atoms with Crippen molar-refractivity contribution in [3.05, 3.63) is 47.8 Å². The molecule has 108 valence electrons. The van der Waals surface area contributed by atoms with E-state index in [0.29, 0.717) is 12.3 Å². The Morgan fingerprint density at radius 1 is 1.19 bits per heavy atom. The number of nitrogens with one attached hydrogen (secondary N) is 1. The number of benzene rings is 1. The molecular formula is C17H19N3O. The number of hydrogen-bond donors (Lipinski definition) is 1. The molecular weight excluding hydrogens is 262 g/mol. The highest BCUT2D eigenvalue weighted by Gasteiger charge is 2.22. The van der Waals surface area contributed by atoms with Crippen molar-refractivity contribution in [1.82, 2.24) is 15.3 Å². The molecule has 1 saturated heterocycles. The number of aromatic nitrogens is 2. The van der Waals surface area contributed by atoms with Gasteiger partial charge in [-0.3, -0.25) is 4.79 Å². The van der Waals surface area contributed by atoms with Crippen LogP contribution in [0.1, 0.15) is 36.8 Å². The van der Waals surface area contributed by atoms with Crippen molar-refractivity contribution in [2.45, 2.75) is 32.1 Å². The molecule has 1 amide bonds. The fourth-order valence-corrected chi connectivity index (χ4v) is 2.67. The van der Waals surface area contributed by atoms with E-state index in [4.69, 9.17) is 0 Å². The van der Waals surface area contributed by atoms with Crippen molar-refractivity contribution < 1.29 is 4.79 Å². The standard InChI is InChI=1S/C17H19N3O/c1-2-3-12-9-19-17(20-10-12)14-6-4-13(5-7-14)15-8-16(21)18-11-15/h4-7,9-10,15H,2-3,8,11H2,1H3,(H,18,21). The summed E-state index contributed by atoms with van der Waals surface area (Å²) in [5.41, 5.74) is 3.38. The number of aryl methyl sites for hydroxylation is 1. The summed E-state index contributed by atoms with van der Waals surface area (Å²) in [5.74, 6) is 1.18.